The van der Waals surface area contributed by atoms with Crippen molar-refractivity contribution in [3.05, 3.63) is 36.3 Å². The molecule has 3 aromatic rings. The maximum Gasteiger partial charge on any atom is 0.425 e. The molecular formula is C18H17F4N5O2. The molecule has 0 amide bonds. The van der Waals surface area contributed by atoms with E-state index >= 15 is 0 Å². The fraction of sp³-hybridized carbons (Fsp3) is 0.444. The first-order valence-electron chi connectivity index (χ1n) is 8.90. The molecule has 2 atom stereocenters. The van der Waals surface area contributed by atoms with Gasteiger partial charge in [-0.15, -0.1) is 10.2 Å². The molecule has 0 saturated heterocycles. The fourth-order valence-corrected chi connectivity index (χ4v) is 2.95. The molecule has 11 heteroatoms. The van der Waals surface area contributed by atoms with Crippen LogP contribution in [0.4, 0.5) is 17.6 Å². The van der Waals surface area contributed by atoms with Gasteiger partial charge < -0.3 is 9.47 Å². The number of halogens is 4. The van der Waals surface area contributed by atoms with Crippen LogP contribution in [0.15, 0.2) is 24.7 Å². The Morgan fingerprint density at radius 3 is 2.55 bits per heavy atom. The fourth-order valence-electron chi connectivity index (χ4n) is 2.95. The SMILES string of the molecule is COC(C)c1nnc2cnc(-c3cnc(OC(C4CC4)C(F)(F)F)c(F)c3)cn12. The van der Waals surface area contributed by atoms with Crippen LogP contribution >= 0.6 is 0 Å². The number of nitrogens with zero attached hydrogens (tertiary/aromatic N) is 5. The topological polar surface area (TPSA) is 74.4 Å². The van der Waals surface area contributed by atoms with Gasteiger partial charge in [0, 0.05) is 31.0 Å². The number of methoxy groups -OCH3 is 1. The normalized spacial score (nSPS) is 16.8. The summed E-state index contributed by atoms with van der Waals surface area (Å²) < 4.78 is 65.6. The lowest BCUT2D eigenvalue weighted by molar-refractivity contribution is -0.202. The Balaban J connectivity index is 1.64. The maximum atomic E-state index is 14.4. The molecule has 0 bridgehead atoms. The highest BCUT2D eigenvalue weighted by Gasteiger charge is 2.51. The van der Waals surface area contributed by atoms with Crippen LogP contribution in [0.5, 0.6) is 5.88 Å². The van der Waals surface area contributed by atoms with Crippen molar-refractivity contribution in [1.82, 2.24) is 24.6 Å². The van der Waals surface area contributed by atoms with Gasteiger partial charge in [0.2, 0.25) is 0 Å². The van der Waals surface area contributed by atoms with Crippen molar-refractivity contribution in [2.75, 3.05) is 7.11 Å². The molecule has 1 aliphatic carbocycles. The van der Waals surface area contributed by atoms with E-state index in [1.165, 1.54) is 19.5 Å². The minimum atomic E-state index is -4.58. The summed E-state index contributed by atoms with van der Waals surface area (Å²) in [4.78, 5) is 7.95. The number of rotatable bonds is 6. The largest absolute Gasteiger partial charge is 0.462 e. The van der Waals surface area contributed by atoms with Gasteiger partial charge in [0.15, 0.2) is 23.4 Å². The molecule has 4 rings (SSSR count). The van der Waals surface area contributed by atoms with Crippen LogP contribution in [0, 0.1) is 11.7 Å². The quantitative estimate of drug-likeness (QED) is 0.575. The van der Waals surface area contributed by atoms with Gasteiger partial charge in [-0.1, -0.05) is 0 Å². The van der Waals surface area contributed by atoms with Crippen LogP contribution in [0.1, 0.15) is 31.7 Å². The van der Waals surface area contributed by atoms with Gasteiger partial charge in [-0.2, -0.15) is 13.2 Å². The zero-order valence-electron chi connectivity index (χ0n) is 15.5. The number of ether oxygens (including phenoxy) is 2. The standard InChI is InChI=1S/C18H17F4N5O2/c1-9(28-2)16-26-25-14-7-23-13(8-27(14)16)11-5-12(19)17(24-6-11)29-15(10-3-4-10)18(20,21)22/h5-10,15H,3-4H2,1-2H3. The molecule has 7 nitrogen and oxygen atoms in total. The van der Waals surface area contributed by atoms with Gasteiger partial charge in [0.25, 0.3) is 5.88 Å². The average Bonchev–Trinajstić information content (AvgIpc) is 3.43. The molecule has 3 heterocycles. The zero-order chi connectivity index (χ0) is 20.8. The molecule has 0 N–H and O–H groups in total. The summed E-state index contributed by atoms with van der Waals surface area (Å²) in [7, 11) is 1.53. The first-order valence-corrected chi connectivity index (χ1v) is 8.90. The van der Waals surface area contributed by atoms with E-state index in [-0.39, 0.29) is 11.7 Å². The van der Waals surface area contributed by atoms with Crippen LogP contribution in [0.3, 0.4) is 0 Å². The van der Waals surface area contributed by atoms with Crippen LogP contribution in [0.25, 0.3) is 16.9 Å². The Bertz CT molecular complexity index is 1030. The lowest BCUT2D eigenvalue weighted by Crippen LogP contribution is -2.36. The Kier molecular flexibility index (Phi) is 4.85. The predicted octanol–water partition coefficient (Wildman–Crippen LogP) is 3.75. The molecule has 1 fully saturated rings. The monoisotopic (exact) mass is 411 g/mol. The minimum absolute atomic E-state index is 0.274. The number of pyridine rings is 1. The van der Waals surface area contributed by atoms with Crippen molar-refractivity contribution in [2.45, 2.75) is 38.1 Å². The molecule has 0 aliphatic heterocycles. The third kappa shape index (κ3) is 3.86. The molecule has 0 radical (unpaired) electrons. The zero-order valence-corrected chi connectivity index (χ0v) is 15.5. The van der Waals surface area contributed by atoms with Gasteiger partial charge in [0.1, 0.15) is 6.10 Å². The van der Waals surface area contributed by atoms with Crippen molar-refractivity contribution in [3.8, 4) is 17.1 Å². The summed E-state index contributed by atoms with van der Waals surface area (Å²) in [6.45, 7) is 1.79. The Morgan fingerprint density at radius 1 is 1.17 bits per heavy atom. The predicted molar refractivity (Wildman–Crippen MR) is 92.6 cm³/mol. The summed E-state index contributed by atoms with van der Waals surface area (Å²) in [5.41, 5.74) is 1.09. The average molecular weight is 411 g/mol. The second-order valence-electron chi connectivity index (χ2n) is 6.87. The third-order valence-electron chi connectivity index (χ3n) is 4.75. The molecule has 0 spiro atoms. The second-order valence-corrected chi connectivity index (χ2v) is 6.87. The molecule has 154 valence electrons. The van der Waals surface area contributed by atoms with Crippen LogP contribution in [0.2, 0.25) is 0 Å². The number of alkyl halides is 3. The van der Waals surface area contributed by atoms with Crippen molar-refractivity contribution in [1.29, 1.82) is 0 Å². The molecule has 1 saturated carbocycles. The van der Waals surface area contributed by atoms with Crippen LogP contribution in [-0.4, -0.2) is 44.0 Å². The number of hydrogen-bond donors (Lipinski definition) is 0. The van der Waals surface area contributed by atoms with E-state index in [1.807, 2.05) is 0 Å². The van der Waals surface area contributed by atoms with Gasteiger partial charge in [-0.05, 0) is 25.8 Å². The Morgan fingerprint density at radius 2 is 1.93 bits per heavy atom. The van der Waals surface area contributed by atoms with Gasteiger partial charge in [-0.25, -0.2) is 9.37 Å². The van der Waals surface area contributed by atoms with E-state index in [1.54, 1.807) is 17.5 Å². The first kappa shape index (κ1) is 19.5. The second kappa shape index (κ2) is 7.21. The molecule has 2 unspecified atom stereocenters. The lowest BCUT2D eigenvalue weighted by atomic mass is 10.2. The van der Waals surface area contributed by atoms with Crippen molar-refractivity contribution in [3.63, 3.8) is 0 Å². The van der Waals surface area contributed by atoms with Crippen LogP contribution in [-0.2, 0) is 4.74 Å². The number of aromatic nitrogens is 5. The lowest BCUT2D eigenvalue weighted by Gasteiger charge is -2.21. The molecule has 3 aromatic heterocycles. The Hall–Kier alpha value is -2.82. The maximum absolute atomic E-state index is 14.4. The highest BCUT2D eigenvalue weighted by molar-refractivity contribution is 5.59. The van der Waals surface area contributed by atoms with E-state index in [0.717, 1.165) is 6.07 Å². The minimum Gasteiger partial charge on any atom is -0.462 e. The first-order chi connectivity index (χ1) is 13.8. The van der Waals surface area contributed by atoms with Gasteiger partial charge in [0.05, 0.1) is 11.9 Å². The Labute approximate surface area is 162 Å². The number of fused-ring (bicyclic) bond motifs is 1. The highest BCUT2D eigenvalue weighted by atomic mass is 19.4. The van der Waals surface area contributed by atoms with E-state index < -0.39 is 29.9 Å². The summed E-state index contributed by atoms with van der Waals surface area (Å²) >= 11 is 0. The van der Waals surface area contributed by atoms with Crippen molar-refractivity contribution >= 4 is 5.65 Å². The summed E-state index contributed by atoms with van der Waals surface area (Å²) in [6, 6.07) is 1.04. The summed E-state index contributed by atoms with van der Waals surface area (Å²) in [6.07, 6.45) is -1.93. The highest BCUT2D eigenvalue weighted by Crippen LogP contribution is 2.42. The molecule has 0 aromatic carbocycles. The van der Waals surface area contributed by atoms with Gasteiger partial charge in [-0.3, -0.25) is 9.38 Å². The van der Waals surface area contributed by atoms with Crippen molar-refractivity contribution in [2.24, 2.45) is 5.92 Å². The summed E-state index contributed by atoms with van der Waals surface area (Å²) in [5.74, 6) is -1.80. The van der Waals surface area contributed by atoms with Crippen molar-refractivity contribution < 1.29 is 27.0 Å². The van der Waals surface area contributed by atoms with Gasteiger partial charge >= 0.3 is 6.18 Å². The van der Waals surface area contributed by atoms with Crippen LogP contribution < -0.4 is 4.74 Å². The smallest absolute Gasteiger partial charge is 0.425 e. The molecular weight excluding hydrogens is 394 g/mol. The molecule has 1 aliphatic rings. The van der Waals surface area contributed by atoms with E-state index in [9.17, 15) is 17.6 Å². The van der Waals surface area contributed by atoms with E-state index in [0.29, 0.717) is 30.0 Å². The molecule has 29 heavy (non-hydrogen) atoms. The van der Waals surface area contributed by atoms with E-state index in [4.69, 9.17) is 9.47 Å². The van der Waals surface area contributed by atoms with E-state index in [2.05, 4.69) is 20.2 Å². The third-order valence-corrected chi connectivity index (χ3v) is 4.75. The summed E-state index contributed by atoms with van der Waals surface area (Å²) in [5, 5.41) is 8.03. The number of hydrogen-bond acceptors (Lipinski definition) is 6.